The molecule has 5 nitrogen and oxygen atoms in total. The van der Waals surface area contributed by atoms with Gasteiger partial charge in [0.15, 0.2) is 5.78 Å². The Hall–Kier alpha value is -3.93. The number of carbonyl (C=O) groups excluding carboxylic acids is 2. The maximum atomic E-state index is 14.0. The number of fused-ring (bicyclic) bond motifs is 1. The lowest BCUT2D eigenvalue weighted by atomic mass is 9.78. The summed E-state index contributed by atoms with van der Waals surface area (Å²) in [5.74, 6) is 0.260. The van der Waals surface area contributed by atoms with Crippen LogP contribution in [0.4, 0.5) is 15.8 Å². The number of nitrogens with one attached hydrogen (secondary N) is 1. The first-order valence-corrected chi connectivity index (χ1v) is 13.3. The third-order valence-electron chi connectivity index (χ3n) is 7.50. The Morgan fingerprint density at radius 3 is 2.55 bits per heavy atom. The van der Waals surface area contributed by atoms with Gasteiger partial charge in [-0.25, -0.2) is 4.39 Å². The third-order valence-corrected chi connectivity index (χ3v) is 7.50. The number of anilines is 2. The van der Waals surface area contributed by atoms with Crippen molar-refractivity contribution in [1.29, 1.82) is 0 Å². The molecule has 0 unspecified atom stereocenters. The van der Waals surface area contributed by atoms with Crippen LogP contribution in [0, 0.1) is 5.82 Å². The largest absolute Gasteiger partial charge is 0.497 e. The monoisotopic (exact) mass is 512 g/mol. The Morgan fingerprint density at radius 2 is 1.79 bits per heavy atom. The van der Waals surface area contributed by atoms with E-state index < -0.39 is 6.04 Å². The number of rotatable bonds is 7. The number of Topliss-reactive ketones (excluding diaryl/α,β-unsaturated/α-hetero) is 1. The van der Waals surface area contributed by atoms with E-state index in [0.29, 0.717) is 30.6 Å². The van der Waals surface area contributed by atoms with Crippen LogP contribution in [0.2, 0.25) is 0 Å². The van der Waals surface area contributed by atoms with Crippen LogP contribution in [0.25, 0.3) is 0 Å². The number of allylic oxidation sites excluding steroid dienone is 1. The molecule has 0 saturated heterocycles. The highest BCUT2D eigenvalue weighted by Crippen LogP contribution is 2.48. The van der Waals surface area contributed by atoms with E-state index in [0.717, 1.165) is 47.5 Å². The van der Waals surface area contributed by atoms with Gasteiger partial charge in [0.1, 0.15) is 11.6 Å². The smallest absolute Gasteiger partial charge is 0.227 e. The fourth-order valence-corrected chi connectivity index (χ4v) is 5.61. The highest BCUT2D eigenvalue weighted by atomic mass is 19.1. The molecule has 1 N–H and O–H groups in total. The summed E-state index contributed by atoms with van der Waals surface area (Å²) in [6.45, 7) is 2.12. The minimum Gasteiger partial charge on any atom is -0.497 e. The van der Waals surface area contributed by atoms with Crippen LogP contribution >= 0.6 is 0 Å². The number of methoxy groups -OCH3 is 1. The fraction of sp³-hybridized carbons (Fsp3) is 0.312. The molecule has 2 atom stereocenters. The molecule has 0 fully saturated rings. The van der Waals surface area contributed by atoms with Crippen LogP contribution in [-0.2, 0) is 9.59 Å². The molecule has 196 valence electrons. The van der Waals surface area contributed by atoms with Crippen molar-refractivity contribution in [3.05, 3.63) is 101 Å². The fourth-order valence-electron chi connectivity index (χ4n) is 5.61. The number of amides is 1. The molecule has 0 radical (unpaired) electrons. The van der Waals surface area contributed by atoms with E-state index in [1.807, 2.05) is 53.4 Å². The summed E-state index contributed by atoms with van der Waals surface area (Å²) in [5.41, 5.74) is 4.71. The Balaban J connectivity index is 1.67. The lowest BCUT2D eigenvalue weighted by molar-refractivity contribution is -0.119. The number of ether oxygens (including phenoxy) is 1. The normalized spacial score (nSPS) is 18.8. The first kappa shape index (κ1) is 25.7. The topological polar surface area (TPSA) is 58.6 Å². The summed E-state index contributed by atoms with van der Waals surface area (Å²) in [6, 6.07) is 21.2. The van der Waals surface area contributed by atoms with Gasteiger partial charge >= 0.3 is 0 Å². The van der Waals surface area contributed by atoms with E-state index in [-0.39, 0.29) is 23.4 Å². The van der Waals surface area contributed by atoms with Gasteiger partial charge in [-0.1, -0.05) is 56.2 Å². The maximum Gasteiger partial charge on any atom is 0.227 e. The van der Waals surface area contributed by atoms with Crippen molar-refractivity contribution in [2.45, 2.75) is 57.4 Å². The highest BCUT2D eigenvalue weighted by molar-refractivity contribution is 6.06. The molecule has 1 heterocycles. The van der Waals surface area contributed by atoms with Gasteiger partial charge in [0.25, 0.3) is 0 Å². The quantitative estimate of drug-likeness (QED) is 0.337. The van der Waals surface area contributed by atoms with Gasteiger partial charge in [0, 0.05) is 24.1 Å². The second kappa shape index (κ2) is 11.2. The van der Waals surface area contributed by atoms with E-state index in [4.69, 9.17) is 4.74 Å². The SMILES string of the molecule is CCCCCC(=O)N1c2ccccc2NC2=C(C(=O)C[C@H](c3ccc(F)cc3)C2)[C@@H]1c1cccc(OC)c1. The highest BCUT2D eigenvalue weighted by Gasteiger charge is 2.41. The molecular weight excluding hydrogens is 479 g/mol. The zero-order valence-corrected chi connectivity index (χ0v) is 21.9. The number of carbonyl (C=O) groups is 2. The van der Waals surface area contributed by atoms with Crippen LogP contribution in [0.5, 0.6) is 5.75 Å². The summed E-state index contributed by atoms with van der Waals surface area (Å²) < 4.78 is 19.1. The molecule has 38 heavy (non-hydrogen) atoms. The Bertz CT molecular complexity index is 1370. The number of benzene rings is 3. The Labute approximate surface area is 223 Å². The predicted molar refractivity (Wildman–Crippen MR) is 148 cm³/mol. The summed E-state index contributed by atoms with van der Waals surface area (Å²) in [6.07, 6.45) is 4.05. The average Bonchev–Trinajstić information content (AvgIpc) is 3.08. The summed E-state index contributed by atoms with van der Waals surface area (Å²) in [5, 5.41) is 3.54. The minimum atomic E-state index is -0.591. The molecule has 3 aromatic carbocycles. The van der Waals surface area contributed by atoms with Crippen LogP contribution in [0.3, 0.4) is 0 Å². The Morgan fingerprint density at radius 1 is 1.00 bits per heavy atom. The third kappa shape index (κ3) is 5.08. The van der Waals surface area contributed by atoms with E-state index in [2.05, 4.69) is 12.2 Å². The van der Waals surface area contributed by atoms with Crippen molar-refractivity contribution in [3.8, 4) is 5.75 Å². The number of para-hydroxylation sites is 2. The van der Waals surface area contributed by atoms with E-state index >= 15 is 0 Å². The van der Waals surface area contributed by atoms with E-state index in [1.165, 1.54) is 12.1 Å². The molecule has 2 aliphatic rings. The second-order valence-corrected chi connectivity index (χ2v) is 10.0. The van der Waals surface area contributed by atoms with Crippen molar-refractivity contribution in [3.63, 3.8) is 0 Å². The number of nitrogens with zero attached hydrogens (tertiary/aromatic N) is 1. The van der Waals surface area contributed by atoms with Gasteiger partial charge in [0.05, 0.1) is 24.5 Å². The summed E-state index contributed by atoms with van der Waals surface area (Å²) in [7, 11) is 1.61. The molecule has 1 aliphatic carbocycles. The van der Waals surface area contributed by atoms with Crippen molar-refractivity contribution in [2.75, 3.05) is 17.3 Å². The molecule has 5 rings (SSSR count). The first-order chi connectivity index (χ1) is 18.5. The number of unbranched alkanes of at least 4 members (excludes halogenated alkanes) is 2. The number of halogens is 1. The minimum absolute atomic E-state index is 0.0114. The van der Waals surface area contributed by atoms with Crippen molar-refractivity contribution < 1.29 is 18.7 Å². The molecule has 0 bridgehead atoms. The van der Waals surface area contributed by atoms with Gasteiger partial charge in [-0.2, -0.15) is 0 Å². The van der Waals surface area contributed by atoms with Gasteiger partial charge in [-0.05, 0) is 66.3 Å². The van der Waals surface area contributed by atoms with Gasteiger partial charge < -0.3 is 10.1 Å². The standard InChI is InChI=1S/C32H33FN2O3/c1-3-4-5-13-30(37)35-28-12-7-6-11-26(28)34-27-19-23(21-14-16-24(33)17-15-21)20-29(36)31(27)32(35)22-9-8-10-25(18-22)38-2/h6-12,14-18,23,32,34H,3-5,13,19-20H2,1-2H3/t23-,32+/m1/s1. The predicted octanol–water partition coefficient (Wildman–Crippen LogP) is 7.32. The van der Waals surface area contributed by atoms with Gasteiger partial charge in [0.2, 0.25) is 5.91 Å². The summed E-state index contributed by atoms with van der Waals surface area (Å²) in [4.78, 5) is 29.7. The van der Waals surface area contributed by atoms with Gasteiger partial charge in [-0.3, -0.25) is 14.5 Å². The number of hydrogen-bond donors (Lipinski definition) is 1. The molecule has 0 spiro atoms. The molecule has 6 heteroatoms. The van der Waals surface area contributed by atoms with E-state index in [1.54, 1.807) is 19.2 Å². The van der Waals surface area contributed by atoms with Crippen LogP contribution < -0.4 is 15.0 Å². The lowest BCUT2D eigenvalue weighted by Crippen LogP contribution is -2.38. The molecule has 0 saturated carbocycles. The number of ketones is 1. The van der Waals surface area contributed by atoms with E-state index in [9.17, 15) is 14.0 Å². The second-order valence-electron chi connectivity index (χ2n) is 10.0. The van der Waals surface area contributed by atoms with Crippen LogP contribution in [0.1, 0.15) is 68.5 Å². The number of hydrogen-bond acceptors (Lipinski definition) is 4. The van der Waals surface area contributed by atoms with Crippen molar-refractivity contribution in [2.24, 2.45) is 0 Å². The summed E-state index contributed by atoms with van der Waals surface area (Å²) >= 11 is 0. The molecule has 3 aromatic rings. The molecular formula is C32H33FN2O3. The van der Waals surface area contributed by atoms with Crippen molar-refractivity contribution >= 4 is 23.1 Å². The molecule has 0 aromatic heterocycles. The van der Waals surface area contributed by atoms with Crippen molar-refractivity contribution in [1.82, 2.24) is 0 Å². The average molecular weight is 513 g/mol. The van der Waals surface area contributed by atoms with Crippen LogP contribution in [0.15, 0.2) is 84.1 Å². The zero-order valence-electron chi connectivity index (χ0n) is 21.9. The molecule has 1 aliphatic heterocycles. The maximum absolute atomic E-state index is 14.0. The lowest BCUT2D eigenvalue weighted by Gasteiger charge is -2.35. The molecule has 1 amide bonds. The first-order valence-electron chi connectivity index (χ1n) is 13.3. The van der Waals surface area contributed by atoms with Gasteiger partial charge in [-0.15, -0.1) is 0 Å². The Kier molecular flexibility index (Phi) is 7.59. The van der Waals surface area contributed by atoms with Crippen LogP contribution in [-0.4, -0.2) is 18.8 Å². The zero-order chi connectivity index (χ0) is 26.6.